The Morgan fingerprint density at radius 1 is 1.33 bits per heavy atom. The Labute approximate surface area is 229 Å². The van der Waals surface area contributed by atoms with Crippen LogP contribution in [0.1, 0.15) is 57.9 Å². The first-order chi connectivity index (χ1) is 18.3. The van der Waals surface area contributed by atoms with Crippen LogP contribution in [0.4, 0.5) is 14.5 Å². The number of nitriles is 1. The van der Waals surface area contributed by atoms with E-state index in [1.54, 1.807) is 17.8 Å². The second-order valence-electron chi connectivity index (χ2n) is 11.0. The summed E-state index contributed by atoms with van der Waals surface area (Å²) in [5, 5.41) is 32.3. The van der Waals surface area contributed by atoms with E-state index in [0.29, 0.717) is 53.9 Å². The molecule has 2 atom stereocenters. The number of anilines is 1. The summed E-state index contributed by atoms with van der Waals surface area (Å²) in [4.78, 5) is 2.02. The number of aliphatic hydroxyl groups is 1. The van der Waals surface area contributed by atoms with Crippen LogP contribution in [0.3, 0.4) is 0 Å². The number of nitrogens with zero attached hydrogens (tertiary/aromatic N) is 6. The third-order valence-electron chi connectivity index (χ3n) is 7.83. The van der Waals surface area contributed by atoms with E-state index in [2.05, 4.69) is 31.0 Å². The molecule has 2 fully saturated rings. The van der Waals surface area contributed by atoms with E-state index in [4.69, 9.17) is 0 Å². The van der Waals surface area contributed by atoms with Gasteiger partial charge in [0.2, 0.25) is 10.0 Å². The minimum atomic E-state index is -4.10. The molecule has 5 rings (SSSR count). The fraction of sp³-hybridized carbons (Fsp3) is 0.600. The monoisotopic (exact) mass is 579 g/mol. The van der Waals surface area contributed by atoms with Gasteiger partial charge in [-0.15, -0.1) is 10.2 Å². The molecule has 0 aliphatic heterocycles. The van der Waals surface area contributed by atoms with Crippen molar-refractivity contribution in [3.05, 3.63) is 17.1 Å². The third-order valence-corrected chi connectivity index (χ3v) is 10.3. The highest BCUT2D eigenvalue weighted by Gasteiger charge is 2.47. The second-order valence-corrected chi connectivity index (χ2v) is 13.7. The number of sulfonamides is 1. The molecule has 39 heavy (non-hydrogen) atoms. The Balaban J connectivity index is 1.65. The zero-order valence-corrected chi connectivity index (χ0v) is 23.8. The van der Waals surface area contributed by atoms with Gasteiger partial charge in [0.15, 0.2) is 10.0 Å². The largest absolute Gasteiger partial charge is 0.390 e. The Bertz CT molecular complexity index is 1550. The van der Waals surface area contributed by atoms with Gasteiger partial charge in [0.25, 0.3) is 6.43 Å². The van der Waals surface area contributed by atoms with Gasteiger partial charge in [-0.3, -0.25) is 4.68 Å². The molecule has 2 unspecified atom stereocenters. The van der Waals surface area contributed by atoms with Crippen molar-refractivity contribution in [2.75, 3.05) is 18.0 Å². The van der Waals surface area contributed by atoms with Gasteiger partial charge in [-0.2, -0.15) is 15.1 Å². The molecule has 10 nitrogen and oxygen atoms in total. The number of aryl methyl sites for hydroxylation is 1. The molecule has 0 amide bonds. The van der Waals surface area contributed by atoms with Gasteiger partial charge in [-0.1, -0.05) is 11.3 Å². The van der Waals surface area contributed by atoms with Gasteiger partial charge in [-0.05, 0) is 70.4 Å². The zero-order chi connectivity index (χ0) is 28.3. The molecule has 2 saturated carbocycles. The molecule has 0 bridgehead atoms. The number of hydrogen-bond acceptors (Lipinski definition) is 9. The number of rotatable bonds is 10. The van der Waals surface area contributed by atoms with Gasteiger partial charge in [0.1, 0.15) is 11.2 Å². The fourth-order valence-electron chi connectivity index (χ4n) is 5.42. The average Bonchev–Trinajstić information content (AvgIpc) is 3.27. The van der Waals surface area contributed by atoms with Gasteiger partial charge >= 0.3 is 0 Å². The van der Waals surface area contributed by atoms with Gasteiger partial charge in [-0.25, -0.2) is 17.2 Å². The second kappa shape index (κ2) is 9.72. The van der Waals surface area contributed by atoms with Crippen molar-refractivity contribution in [1.29, 1.82) is 5.26 Å². The molecule has 210 valence electrons. The van der Waals surface area contributed by atoms with Crippen molar-refractivity contribution in [3.8, 4) is 16.8 Å². The smallest absolute Gasteiger partial charge is 0.291 e. The van der Waals surface area contributed by atoms with Crippen LogP contribution in [-0.2, 0) is 17.1 Å². The van der Waals surface area contributed by atoms with Crippen LogP contribution in [0.2, 0.25) is 0 Å². The van der Waals surface area contributed by atoms with Crippen molar-refractivity contribution in [3.63, 3.8) is 0 Å². The molecule has 3 aromatic rings. The summed E-state index contributed by atoms with van der Waals surface area (Å²) in [6.45, 7) is 6.73. The lowest BCUT2D eigenvalue weighted by Crippen LogP contribution is -2.47. The Morgan fingerprint density at radius 2 is 2.05 bits per heavy atom. The van der Waals surface area contributed by atoms with Crippen LogP contribution < -0.4 is 9.62 Å². The molecule has 0 radical (unpaired) electrons. The van der Waals surface area contributed by atoms with Crippen molar-refractivity contribution in [2.45, 2.75) is 68.9 Å². The highest BCUT2D eigenvalue weighted by molar-refractivity contribution is 7.89. The van der Waals surface area contributed by atoms with E-state index in [1.807, 2.05) is 20.8 Å². The lowest BCUT2D eigenvalue weighted by molar-refractivity contribution is -0.0532. The van der Waals surface area contributed by atoms with Gasteiger partial charge in [0.05, 0.1) is 27.8 Å². The number of hydrogen-bond donors (Lipinski definition) is 2. The number of fused-ring (bicyclic) bond motifs is 1. The summed E-state index contributed by atoms with van der Waals surface area (Å²) < 4.78 is 57.7. The van der Waals surface area contributed by atoms with E-state index < -0.39 is 32.6 Å². The van der Waals surface area contributed by atoms with Crippen LogP contribution in [0.15, 0.2) is 17.0 Å². The zero-order valence-electron chi connectivity index (χ0n) is 22.1. The topological polar surface area (TPSA) is 137 Å². The van der Waals surface area contributed by atoms with Gasteiger partial charge in [0, 0.05) is 25.5 Å². The molecule has 0 spiro atoms. The minimum absolute atomic E-state index is 0.0505. The summed E-state index contributed by atoms with van der Waals surface area (Å²) in [6, 6.07) is 5.08. The van der Waals surface area contributed by atoms with Crippen LogP contribution in [-0.4, -0.2) is 57.7 Å². The number of benzene rings is 1. The van der Waals surface area contributed by atoms with E-state index in [9.17, 15) is 27.6 Å². The van der Waals surface area contributed by atoms with Gasteiger partial charge < -0.3 is 10.0 Å². The summed E-state index contributed by atoms with van der Waals surface area (Å²) in [5.41, 5.74) is -0.458. The lowest BCUT2D eigenvalue weighted by Gasteiger charge is -2.46. The maximum atomic E-state index is 13.5. The normalized spacial score (nSPS) is 20.7. The van der Waals surface area contributed by atoms with E-state index in [-0.39, 0.29) is 27.4 Å². The number of nitrogens with one attached hydrogen (secondary N) is 1. The predicted molar refractivity (Wildman–Crippen MR) is 143 cm³/mol. The Kier molecular flexibility index (Phi) is 6.94. The number of alkyl halides is 2. The summed E-state index contributed by atoms with van der Waals surface area (Å²) in [6.07, 6.45) is -0.0773. The van der Waals surface area contributed by atoms with Crippen molar-refractivity contribution in [1.82, 2.24) is 24.7 Å². The van der Waals surface area contributed by atoms with Crippen molar-refractivity contribution in [2.24, 2.45) is 18.9 Å². The first kappa shape index (κ1) is 27.8. The van der Waals surface area contributed by atoms with Crippen molar-refractivity contribution < 1.29 is 22.3 Å². The maximum Gasteiger partial charge on any atom is 0.291 e. The molecule has 2 aliphatic rings. The van der Waals surface area contributed by atoms with Crippen LogP contribution in [0, 0.1) is 23.2 Å². The van der Waals surface area contributed by atoms with E-state index in [0.717, 1.165) is 12.8 Å². The third kappa shape index (κ3) is 5.13. The minimum Gasteiger partial charge on any atom is -0.390 e. The SMILES string of the molecule is CCN(CC1CCC1C(C)(C)O)c1cc(S(=O)(=O)NC2(C#N)CC2)cc2c(-c3nnc(C(F)F)s3)nn(C)c12. The summed E-state index contributed by atoms with van der Waals surface area (Å²) >= 11 is 0.708. The van der Waals surface area contributed by atoms with Crippen LogP contribution in [0.25, 0.3) is 21.6 Å². The lowest BCUT2D eigenvalue weighted by atomic mass is 9.66. The molecule has 2 aromatic heterocycles. The Morgan fingerprint density at radius 3 is 2.56 bits per heavy atom. The molecular formula is C25H31F2N7O3S2. The highest BCUT2D eigenvalue weighted by atomic mass is 32.2. The number of halogens is 2. The van der Waals surface area contributed by atoms with Crippen LogP contribution >= 0.6 is 11.3 Å². The Hall–Kier alpha value is -2.73. The number of aromatic nitrogens is 4. The first-order valence-electron chi connectivity index (χ1n) is 12.8. The van der Waals surface area contributed by atoms with E-state index in [1.165, 1.54) is 6.07 Å². The summed E-state index contributed by atoms with van der Waals surface area (Å²) in [5.74, 6) is 0.313. The van der Waals surface area contributed by atoms with E-state index >= 15 is 0 Å². The van der Waals surface area contributed by atoms with Crippen molar-refractivity contribution >= 4 is 38.0 Å². The fourth-order valence-corrected chi connectivity index (χ4v) is 7.54. The highest BCUT2D eigenvalue weighted by Crippen LogP contribution is 2.44. The molecule has 0 saturated heterocycles. The molecule has 1 aromatic carbocycles. The maximum absolute atomic E-state index is 13.5. The predicted octanol–water partition coefficient (Wildman–Crippen LogP) is 3.99. The molecule has 2 aliphatic carbocycles. The summed E-state index contributed by atoms with van der Waals surface area (Å²) in [7, 11) is -2.39. The standard InChI is InChI=1S/C25H31F2N7O3S2/c1-5-34(12-14-6-7-17(14)24(2,3)35)18-11-15(39(36,37)32-25(13-28)8-9-25)10-16-19(31-33(4)20(16)18)22-29-30-23(38-22)21(26)27/h10-11,14,17,21,32,35H,5-9,12H2,1-4H3. The first-order valence-corrected chi connectivity index (χ1v) is 15.1. The molecule has 14 heteroatoms. The molecular weight excluding hydrogens is 548 g/mol. The molecule has 2 N–H and O–H groups in total. The average molecular weight is 580 g/mol. The van der Waals surface area contributed by atoms with Crippen LogP contribution in [0.5, 0.6) is 0 Å². The molecule has 2 heterocycles. The quantitative estimate of drug-likeness (QED) is 0.368.